The Labute approximate surface area is 148 Å². The normalized spacial score (nSPS) is 17.7. The molecule has 0 saturated heterocycles. The molecular formula is C21H23NO3. The van der Waals surface area contributed by atoms with Crippen molar-refractivity contribution in [2.45, 2.75) is 38.6 Å². The van der Waals surface area contributed by atoms with Crippen molar-refractivity contribution in [2.75, 3.05) is 6.54 Å². The van der Waals surface area contributed by atoms with Crippen LogP contribution in [0.4, 0.5) is 0 Å². The van der Waals surface area contributed by atoms with Crippen LogP contribution in [0.3, 0.4) is 0 Å². The Balaban J connectivity index is 1.82. The number of amides is 1. The van der Waals surface area contributed by atoms with Crippen molar-refractivity contribution in [3.05, 3.63) is 70.8 Å². The number of carboxylic acid groups (broad SMARTS) is 1. The minimum absolute atomic E-state index is 0.0558. The number of aryl methyl sites for hydroxylation is 1. The van der Waals surface area contributed by atoms with Crippen LogP contribution in [0.5, 0.6) is 0 Å². The molecule has 0 bridgehead atoms. The van der Waals surface area contributed by atoms with Crippen molar-refractivity contribution in [3.8, 4) is 0 Å². The molecule has 0 radical (unpaired) electrons. The molecule has 3 rings (SSSR count). The highest BCUT2D eigenvalue weighted by Crippen LogP contribution is 2.32. The molecule has 4 heteroatoms. The second-order valence-electron chi connectivity index (χ2n) is 6.74. The highest BCUT2D eigenvalue weighted by atomic mass is 16.4. The Hall–Kier alpha value is -2.62. The van der Waals surface area contributed by atoms with Gasteiger partial charge < -0.3 is 10.0 Å². The zero-order chi connectivity index (χ0) is 18.0. The number of fused-ring (bicyclic) bond motifs is 1. The lowest BCUT2D eigenvalue weighted by Gasteiger charge is -2.35. The van der Waals surface area contributed by atoms with E-state index in [1.807, 2.05) is 62.4 Å². The Morgan fingerprint density at radius 1 is 1.16 bits per heavy atom. The van der Waals surface area contributed by atoms with Crippen LogP contribution in [0, 0.1) is 6.92 Å². The summed E-state index contributed by atoms with van der Waals surface area (Å²) >= 11 is 0. The van der Waals surface area contributed by atoms with Gasteiger partial charge in [-0.15, -0.1) is 0 Å². The number of carbonyl (C=O) groups is 2. The van der Waals surface area contributed by atoms with Gasteiger partial charge in [0.2, 0.25) is 5.91 Å². The largest absolute Gasteiger partial charge is 0.479 e. The summed E-state index contributed by atoms with van der Waals surface area (Å²) in [4.78, 5) is 26.3. The number of hydrogen-bond donors (Lipinski definition) is 1. The lowest BCUT2D eigenvalue weighted by Crippen LogP contribution is -2.43. The molecule has 0 aliphatic carbocycles. The molecule has 2 atom stereocenters. The molecule has 2 aromatic rings. The van der Waals surface area contributed by atoms with Crippen molar-refractivity contribution in [1.29, 1.82) is 0 Å². The molecule has 0 aromatic heterocycles. The maximum Gasteiger partial charge on any atom is 0.331 e. The third-order valence-electron chi connectivity index (χ3n) is 5.04. The van der Waals surface area contributed by atoms with Crippen LogP contribution in [0.25, 0.3) is 0 Å². The average Bonchev–Trinajstić information content (AvgIpc) is 2.60. The van der Waals surface area contributed by atoms with Crippen LogP contribution >= 0.6 is 0 Å². The summed E-state index contributed by atoms with van der Waals surface area (Å²) < 4.78 is 0. The minimum Gasteiger partial charge on any atom is -0.479 e. The molecule has 0 fully saturated rings. The van der Waals surface area contributed by atoms with Crippen LogP contribution in [-0.4, -0.2) is 28.4 Å². The van der Waals surface area contributed by atoms with Crippen molar-refractivity contribution in [2.24, 2.45) is 0 Å². The molecule has 0 saturated carbocycles. The Morgan fingerprint density at radius 3 is 2.56 bits per heavy atom. The first-order valence-corrected chi connectivity index (χ1v) is 8.64. The van der Waals surface area contributed by atoms with Gasteiger partial charge in [-0.2, -0.15) is 0 Å². The summed E-state index contributed by atoms with van der Waals surface area (Å²) in [6.45, 7) is 4.51. The van der Waals surface area contributed by atoms with Crippen LogP contribution < -0.4 is 0 Å². The molecular weight excluding hydrogens is 314 g/mol. The van der Waals surface area contributed by atoms with Crippen LogP contribution in [0.15, 0.2) is 48.5 Å². The van der Waals surface area contributed by atoms with Gasteiger partial charge in [0.15, 0.2) is 6.04 Å². The quantitative estimate of drug-likeness (QED) is 0.925. The molecule has 0 spiro atoms. The summed E-state index contributed by atoms with van der Waals surface area (Å²) in [7, 11) is 0. The molecule has 1 N–H and O–H groups in total. The fraction of sp³-hybridized carbons (Fsp3) is 0.333. The van der Waals surface area contributed by atoms with Gasteiger partial charge in [-0.05, 0) is 41.5 Å². The van der Waals surface area contributed by atoms with E-state index < -0.39 is 12.0 Å². The zero-order valence-corrected chi connectivity index (χ0v) is 14.6. The van der Waals surface area contributed by atoms with E-state index in [9.17, 15) is 14.7 Å². The van der Waals surface area contributed by atoms with E-state index >= 15 is 0 Å². The summed E-state index contributed by atoms with van der Waals surface area (Å²) in [6, 6.07) is 14.6. The van der Waals surface area contributed by atoms with E-state index in [4.69, 9.17) is 0 Å². The van der Waals surface area contributed by atoms with E-state index in [0.717, 1.165) is 22.3 Å². The first-order valence-electron chi connectivity index (χ1n) is 8.64. The summed E-state index contributed by atoms with van der Waals surface area (Å²) in [5.74, 6) is -1.01. The Morgan fingerprint density at radius 2 is 1.84 bits per heavy atom. The molecule has 4 nitrogen and oxygen atoms in total. The predicted octanol–water partition coefficient (Wildman–Crippen LogP) is 3.70. The van der Waals surface area contributed by atoms with Gasteiger partial charge in [-0.25, -0.2) is 4.79 Å². The standard InChI is InChI=1S/C21H23NO3/c1-14-7-3-5-9-17(14)15(2)13-19(23)22-12-11-16-8-4-6-10-18(16)20(22)21(24)25/h3-10,15,20H,11-13H2,1-2H3,(H,24,25). The number of aliphatic carboxylic acids is 1. The molecule has 25 heavy (non-hydrogen) atoms. The fourth-order valence-electron chi connectivity index (χ4n) is 3.73. The van der Waals surface area contributed by atoms with E-state index in [-0.39, 0.29) is 11.8 Å². The number of rotatable bonds is 4. The van der Waals surface area contributed by atoms with Crippen LogP contribution in [0.1, 0.15) is 47.6 Å². The number of nitrogens with zero attached hydrogens (tertiary/aromatic N) is 1. The van der Waals surface area contributed by atoms with Crippen molar-refractivity contribution >= 4 is 11.9 Å². The molecule has 130 valence electrons. The molecule has 1 heterocycles. The van der Waals surface area contributed by atoms with Crippen molar-refractivity contribution in [3.63, 3.8) is 0 Å². The van der Waals surface area contributed by atoms with Gasteiger partial charge >= 0.3 is 5.97 Å². The van der Waals surface area contributed by atoms with Gasteiger partial charge in [0.05, 0.1) is 0 Å². The highest BCUT2D eigenvalue weighted by molar-refractivity contribution is 5.86. The molecule has 2 unspecified atom stereocenters. The van der Waals surface area contributed by atoms with E-state index in [0.29, 0.717) is 19.4 Å². The summed E-state index contributed by atoms with van der Waals surface area (Å²) in [5.41, 5.74) is 4.05. The topological polar surface area (TPSA) is 57.6 Å². The summed E-state index contributed by atoms with van der Waals surface area (Å²) in [6.07, 6.45) is 1.02. The van der Waals surface area contributed by atoms with E-state index in [2.05, 4.69) is 0 Å². The molecule has 2 aromatic carbocycles. The number of carboxylic acids is 1. The Bertz CT molecular complexity index is 799. The molecule has 1 aliphatic heterocycles. The van der Waals surface area contributed by atoms with E-state index in [1.165, 1.54) is 4.90 Å². The van der Waals surface area contributed by atoms with Gasteiger partial charge in [0, 0.05) is 13.0 Å². The van der Waals surface area contributed by atoms with Gasteiger partial charge in [0.1, 0.15) is 0 Å². The minimum atomic E-state index is -0.968. The van der Waals surface area contributed by atoms with Crippen LogP contribution in [-0.2, 0) is 16.0 Å². The van der Waals surface area contributed by atoms with Crippen molar-refractivity contribution in [1.82, 2.24) is 4.90 Å². The van der Waals surface area contributed by atoms with E-state index in [1.54, 1.807) is 0 Å². The van der Waals surface area contributed by atoms with Crippen LogP contribution in [0.2, 0.25) is 0 Å². The molecule has 1 amide bonds. The maximum atomic E-state index is 12.9. The second kappa shape index (κ2) is 7.09. The SMILES string of the molecule is Cc1ccccc1C(C)CC(=O)N1CCc2ccccc2C1C(=O)O. The third-order valence-corrected chi connectivity index (χ3v) is 5.04. The number of hydrogen-bond acceptors (Lipinski definition) is 2. The van der Waals surface area contributed by atoms with Gasteiger partial charge in [-0.1, -0.05) is 55.5 Å². The maximum absolute atomic E-state index is 12.9. The van der Waals surface area contributed by atoms with Gasteiger partial charge in [-0.3, -0.25) is 4.79 Å². The predicted molar refractivity (Wildman–Crippen MR) is 96.4 cm³/mol. The Kier molecular flexibility index (Phi) is 4.88. The first-order chi connectivity index (χ1) is 12.0. The smallest absolute Gasteiger partial charge is 0.331 e. The zero-order valence-electron chi connectivity index (χ0n) is 14.6. The number of benzene rings is 2. The highest BCUT2D eigenvalue weighted by Gasteiger charge is 2.36. The number of carbonyl (C=O) groups excluding carboxylic acids is 1. The lowest BCUT2D eigenvalue weighted by molar-refractivity contribution is -0.151. The fourth-order valence-corrected chi connectivity index (χ4v) is 3.73. The second-order valence-corrected chi connectivity index (χ2v) is 6.74. The van der Waals surface area contributed by atoms with Crippen molar-refractivity contribution < 1.29 is 14.7 Å². The summed E-state index contributed by atoms with van der Waals surface area (Å²) in [5, 5.41) is 9.71. The molecule has 1 aliphatic rings. The van der Waals surface area contributed by atoms with Gasteiger partial charge in [0.25, 0.3) is 0 Å². The lowest BCUT2D eigenvalue weighted by atomic mass is 9.90. The average molecular weight is 337 g/mol. The first kappa shape index (κ1) is 17.2. The third kappa shape index (κ3) is 3.43. The monoisotopic (exact) mass is 337 g/mol.